The number of aliphatic hydroxyl groups excluding tert-OH is 1. The van der Waals surface area contributed by atoms with Gasteiger partial charge in [-0.2, -0.15) is 0 Å². The Hall–Kier alpha value is -6.77. The number of amides is 11. The number of aliphatic hydroxyl groups is 1. The highest BCUT2D eigenvalue weighted by Crippen LogP contribution is 2.27. The van der Waals surface area contributed by atoms with Crippen LogP contribution in [-0.4, -0.2) is 250 Å². The molecule has 0 aromatic carbocycles. The molecule has 5 N–H and O–H groups in total. The molecule has 526 valence electrons. The molecule has 0 aliphatic carbocycles. The minimum atomic E-state index is -1.73. The van der Waals surface area contributed by atoms with E-state index in [4.69, 9.17) is 4.74 Å². The van der Waals surface area contributed by atoms with E-state index in [0.29, 0.717) is 0 Å². The van der Waals surface area contributed by atoms with Crippen molar-refractivity contribution in [3.05, 3.63) is 22.3 Å². The summed E-state index contributed by atoms with van der Waals surface area (Å²) in [5.74, 6) is -11.2. The monoisotopic (exact) mass is 1300 g/mol. The molecule has 1 saturated heterocycles. The van der Waals surface area contributed by atoms with Gasteiger partial charge in [0.2, 0.25) is 71.5 Å². The third kappa shape index (κ3) is 23.1. The van der Waals surface area contributed by atoms with Gasteiger partial charge in [0, 0.05) is 74.2 Å². The van der Waals surface area contributed by atoms with Gasteiger partial charge in [-0.15, -0.1) is 0 Å². The molecular formula is C65H116N12O15. The zero-order valence-electron chi connectivity index (χ0n) is 59.9. The lowest BCUT2D eigenvalue weighted by Gasteiger charge is -2.41. The van der Waals surface area contributed by atoms with Crippen LogP contribution in [0.1, 0.15) is 163 Å². The molecule has 0 spiro atoms. The van der Waals surface area contributed by atoms with Crippen LogP contribution in [0.25, 0.3) is 0 Å². The fourth-order valence-corrected chi connectivity index (χ4v) is 11.4. The van der Waals surface area contributed by atoms with Crippen LogP contribution in [0.3, 0.4) is 0 Å². The first-order chi connectivity index (χ1) is 42.4. The lowest BCUT2D eigenvalue weighted by atomic mass is 9.91. The van der Waals surface area contributed by atoms with Crippen molar-refractivity contribution in [1.29, 1.82) is 0 Å². The SMILES string of the molecule is C/C=C/C[C@@H](C)[C@@H](O)[C@H]1C(=O)N[C@@H](CC)C(=O)N(C)[C@H](CC[N+](=O)[O-])C(=O)N(C)[C@@H](CC(C)(C)OC)C(=O)N[C@@H](C(C)C)C(=O)N(C)[C@@H](CC(C)C)C(=O)N[C@@H](C)C(=O)N[C@H](C)C(=O)N(C)[C@@H](CC(C)C)C(=O)N(C)[C@@H](CC(C)C)C(=O)N(C)[C@@H](C(C)C)C(=O)N1C. The third-order valence-electron chi connectivity index (χ3n) is 17.5. The van der Waals surface area contributed by atoms with E-state index in [1.165, 1.54) is 89.9 Å². The average Bonchev–Trinajstić information content (AvgIpc) is 0.912. The number of nitrogens with one attached hydrogen (secondary N) is 4. The maximum atomic E-state index is 15.3. The van der Waals surface area contributed by atoms with E-state index >= 15 is 24.0 Å². The Bertz CT molecular complexity index is 2580. The minimum absolute atomic E-state index is 0.0921. The Morgan fingerprint density at radius 1 is 0.533 bits per heavy atom. The molecule has 1 aliphatic heterocycles. The number of rotatable bonds is 19. The fraction of sp³-hybridized carbons (Fsp3) is 0.800. The molecule has 92 heavy (non-hydrogen) atoms. The summed E-state index contributed by atoms with van der Waals surface area (Å²) >= 11 is 0. The topological polar surface area (TPSA) is 331 Å². The van der Waals surface area contributed by atoms with Gasteiger partial charge in [0.05, 0.1) is 11.7 Å². The van der Waals surface area contributed by atoms with Crippen molar-refractivity contribution in [2.24, 2.45) is 35.5 Å². The van der Waals surface area contributed by atoms with Crippen LogP contribution in [0.2, 0.25) is 0 Å². The van der Waals surface area contributed by atoms with Gasteiger partial charge in [-0.25, -0.2) is 0 Å². The highest BCUT2D eigenvalue weighted by Gasteiger charge is 2.47. The highest BCUT2D eigenvalue weighted by molar-refractivity contribution is 6.00. The zero-order chi connectivity index (χ0) is 71.5. The van der Waals surface area contributed by atoms with Gasteiger partial charge in [0.1, 0.15) is 66.5 Å². The van der Waals surface area contributed by atoms with E-state index in [-0.39, 0.29) is 56.3 Å². The molecule has 1 aliphatic rings. The first-order valence-electron chi connectivity index (χ1n) is 32.4. The minimum Gasteiger partial charge on any atom is -0.390 e. The van der Waals surface area contributed by atoms with E-state index in [2.05, 4.69) is 21.3 Å². The van der Waals surface area contributed by atoms with Crippen LogP contribution in [-0.2, 0) is 57.5 Å². The molecule has 27 heteroatoms. The first-order valence-corrected chi connectivity index (χ1v) is 32.4. The predicted molar refractivity (Wildman–Crippen MR) is 350 cm³/mol. The Labute approximate surface area is 547 Å². The van der Waals surface area contributed by atoms with Crippen molar-refractivity contribution < 1.29 is 67.5 Å². The number of methoxy groups -OCH3 is 1. The molecular weight excluding hydrogens is 1190 g/mol. The van der Waals surface area contributed by atoms with E-state index in [1.54, 1.807) is 74.5 Å². The number of allylic oxidation sites excluding steroid dienone is 2. The number of nitrogens with zero attached hydrogens (tertiary/aromatic N) is 8. The summed E-state index contributed by atoms with van der Waals surface area (Å²) in [5.41, 5.74) is -1.14. The summed E-state index contributed by atoms with van der Waals surface area (Å²) in [6.07, 6.45) is 1.56. The normalized spacial score (nSPS) is 26.7. The van der Waals surface area contributed by atoms with Crippen LogP contribution in [0.15, 0.2) is 12.2 Å². The molecule has 0 radical (unpaired) electrons. The van der Waals surface area contributed by atoms with E-state index < -0.39 is 179 Å². The van der Waals surface area contributed by atoms with E-state index in [9.17, 15) is 44.0 Å². The summed E-state index contributed by atoms with van der Waals surface area (Å²) < 4.78 is 5.73. The molecule has 13 atom stereocenters. The third-order valence-corrected chi connectivity index (χ3v) is 17.5. The van der Waals surface area contributed by atoms with Crippen LogP contribution in [0.5, 0.6) is 0 Å². The van der Waals surface area contributed by atoms with Gasteiger partial charge in [-0.1, -0.05) is 95.2 Å². The summed E-state index contributed by atoms with van der Waals surface area (Å²) in [4.78, 5) is 182. The Morgan fingerprint density at radius 2 is 0.957 bits per heavy atom. The molecule has 1 rings (SSSR count). The van der Waals surface area contributed by atoms with Crippen molar-refractivity contribution >= 4 is 65.0 Å². The quantitative estimate of drug-likeness (QED) is 0.0705. The summed E-state index contributed by atoms with van der Waals surface area (Å²) in [6.45, 7) is 28.0. The zero-order valence-corrected chi connectivity index (χ0v) is 59.9. The Balaban J connectivity index is 4.57. The fourth-order valence-electron chi connectivity index (χ4n) is 11.4. The number of carbonyl (C=O) groups excluding carboxylic acids is 11. The number of carbonyl (C=O) groups is 11. The lowest BCUT2D eigenvalue weighted by molar-refractivity contribution is -0.481. The first kappa shape index (κ1) is 83.2. The van der Waals surface area contributed by atoms with Crippen LogP contribution < -0.4 is 21.3 Å². The number of nitro groups is 1. The number of hydrogen-bond donors (Lipinski definition) is 5. The molecule has 27 nitrogen and oxygen atoms in total. The summed E-state index contributed by atoms with van der Waals surface area (Å²) in [5, 5.41) is 35.1. The second-order valence-electron chi connectivity index (χ2n) is 27.7. The average molecular weight is 1310 g/mol. The molecule has 0 saturated carbocycles. The second kappa shape index (κ2) is 37.2. The largest absolute Gasteiger partial charge is 0.390 e. The molecule has 0 aromatic heterocycles. The van der Waals surface area contributed by atoms with E-state index in [0.717, 1.165) is 14.7 Å². The van der Waals surface area contributed by atoms with Crippen LogP contribution >= 0.6 is 0 Å². The van der Waals surface area contributed by atoms with Gasteiger partial charge in [0.15, 0.2) is 0 Å². The van der Waals surface area contributed by atoms with Gasteiger partial charge in [-0.3, -0.25) is 62.9 Å². The van der Waals surface area contributed by atoms with Gasteiger partial charge < -0.3 is 65.4 Å². The molecule has 11 amide bonds. The maximum Gasteiger partial charge on any atom is 0.246 e. The smallest absolute Gasteiger partial charge is 0.246 e. The predicted octanol–water partition coefficient (Wildman–Crippen LogP) is 3.07. The van der Waals surface area contributed by atoms with Crippen molar-refractivity contribution in [2.45, 2.75) is 241 Å². The highest BCUT2D eigenvalue weighted by atomic mass is 16.6. The number of ether oxygens (including phenoxy) is 1. The molecule has 0 bridgehead atoms. The molecule has 1 heterocycles. The van der Waals surface area contributed by atoms with Gasteiger partial charge in [-0.05, 0) is 102 Å². The molecule has 1 fully saturated rings. The number of hydrogen-bond acceptors (Lipinski definition) is 15. The Morgan fingerprint density at radius 3 is 1.41 bits per heavy atom. The molecule has 0 unspecified atom stereocenters. The van der Waals surface area contributed by atoms with Gasteiger partial charge >= 0.3 is 0 Å². The lowest BCUT2D eigenvalue weighted by Crippen LogP contribution is -2.64. The second-order valence-corrected chi connectivity index (χ2v) is 27.7. The van der Waals surface area contributed by atoms with Crippen molar-refractivity contribution in [3.8, 4) is 0 Å². The number of likely N-dealkylation sites (N-methyl/N-ethyl adjacent to an activating group) is 7. The van der Waals surface area contributed by atoms with Crippen molar-refractivity contribution in [3.63, 3.8) is 0 Å². The Kier molecular flexibility index (Phi) is 33.7. The summed E-state index contributed by atoms with van der Waals surface area (Å²) in [7, 11) is 10.8. The van der Waals surface area contributed by atoms with Crippen molar-refractivity contribution in [1.82, 2.24) is 55.6 Å². The summed E-state index contributed by atoms with van der Waals surface area (Å²) in [6, 6.07) is -15.2. The van der Waals surface area contributed by atoms with Crippen LogP contribution in [0.4, 0.5) is 0 Å². The van der Waals surface area contributed by atoms with Crippen LogP contribution in [0, 0.1) is 45.6 Å². The van der Waals surface area contributed by atoms with Gasteiger partial charge in [0.25, 0.3) is 0 Å². The van der Waals surface area contributed by atoms with E-state index in [1.807, 2.05) is 41.5 Å². The van der Waals surface area contributed by atoms with Crippen molar-refractivity contribution in [2.75, 3.05) is 63.0 Å². The molecule has 0 aromatic rings. The standard InChI is InChI=1S/C65H116N12O15/c1-26-28-29-41(13)53(78)52-57(82)68-44(27-2)59(84)70(18)45(30-31-77(90)91)60(85)74(22)49(35-65(16,17)92-25)56(81)69-50(39(9)10)63(88)71(19)46(32-36(3)4)55(80)66-42(14)54(79)67-43(15)58(83)72(20)47(33-37(5)6)61(86)73(21)48(34-38(7)8)62(87)75(23)51(40(11)12)64(89)76(52)24/h26,28,36-53,78H,27,29-35H2,1-25H3,(H,66,80)(H,67,79)(H,68,82)(H,69,81)/b28-26+/t41-,42+,43-,44+,45-,46+,47+,48+,49+,50+,51+,52+,53-/m1/s1. The maximum absolute atomic E-state index is 15.3.